The number of hydrogen-bond donors (Lipinski definition) is 2. The van der Waals surface area contributed by atoms with Gasteiger partial charge >= 0.3 is 0 Å². The molecule has 30 heavy (non-hydrogen) atoms. The molecule has 3 rings (SSSR count). The van der Waals surface area contributed by atoms with Crippen molar-refractivity contribution in [1.82, 2.24) is 14.8 Å². The predicted octanol–water partition coefficient (Wildman–Crippen LogP) is 2.13. The summed E-state index contributed by atoms with van der Waals surface area (Å²) in [5, 5.41) is 23.0. The first-order valence-electron chi connectivity index (χ1n) is 10.3. The van der Waals surface area contributed by atoms with Crippen LogP contribution in [0.4, 0.5) is 5.69 Å². The highest BCUT2D eigenvalue weighted by Crippen LogP contribution is 2.22. The molecule has 2 aromatic rings. The number of hydrogen-bond acceptors (Lipinski definition) is 6. The zero-order valence-corrected chi connectivity index (χ0v) is 17.6. The van der Waals surface area contributed by atoms with E-state index in [1.54, 1.807) is 18.3 Å². The van der Waals surface area contributed by atoms with Crippen molar-refractivity contribution in [2.24, 2.45) is 5.92 Å². The van der Waals surface area contributed by atoms with Crippen LogP contribution in [-0.2, 0) is 4.79 Å². The van der Waals surface area contributed by atoms with Crippen molar-refractivity contribution < 1.29 is 9.90 Å². The van der Waals surface area contributed by atoms with E-state index in [0.717, 1.165) is 43.0 Å². The summed E-state index contributed by atoms with van der Waals surface area (Å²) < 4.78 is 0. The molecule has 2 unspecified atom stereocenters. The number of carbonyl (C=O) groups is 1. The van der Waals surface area contributed by atoms with Crippen LogP contribution in [0.3, 0.4) is 0 Å². The zero-order valence-electron chi connectivity index (χ0n) is 17.6. The smallest absolute Gasteiger partial charge is 0.238 e. The Morgan fingerprint density at radius 1 is 1.13 bits per heavy atom. The molecule has 1 fully saturated rings. The topological polar surface area (TPSA) is 92.5 Å². The SMILES string of the molecule is Cc1cccc(C)c1NC(=O)CN1CCN(CC(C#N)C(O)c2ccccn2)CC1. The number of aliphatic hydroxyl groups excluding tert-OH is 1. The highest BCUT2D eigenvalue weighted by atomic mass is 16.3. The van der Waals surface area contributed by atoms with E-state index in [4.69, 9.17) is 0 Å². The number of benzene rings is 1. The first-order valence-corrected chi connectivity index (χ1v) is 10.3. The number of nitrogens with zero attached hydrogens (tertiary/aromatic N) is 4. The molecule has 0 aliphatic carbocycles. The fraction of sp³-hybridized carbons (Fsp3) is 0.435. The molecule has 7 nitrogen and oxygen atoms in total. The lowest BCUT2D eigenvalue weighted by Crippen LogP contribution is -2.50. The van der Waals surface area contributed by atoms with Gasteiger partial charge in [0.25, 0.3) is 0 Å². The van der Waals surface area contributed by atoms with Gasteiger partial charge in [-0.3, -0.25) is 19.6 Å². The third-order valence-electron chi connectivity index (χ3n) is 5.57. The number of carbonyl (C=O) groups excluding carboxylic acids is 1. The van der Waals surface area contributed by atoms with Gasteiger partial charge in [0.05, 0.1) is 24.2 Å². The van der Waals surface area contributed by atoms with Gasteiger partial charge in [-0.2, -0.15) is 5.26 Å². The van der Waals surface area contributed by atoms with Crippen LogP contribution in [-0.4, -0.2) is 65.1 Å². The molecule has 2 heterocycles. The highest BCUT2D eigenvalue weighted by molar-refractivity contribution is 5.93. The maximum Gasteiger partial charge on any atom is 0.238 e. The second kappa shape index (κ2) is 10.3. The number of nitriles is 1. The van der Waals surface area contributed by atoms with Gasteiger partial charge in [-0.05, 0) is 37.1 Å². The number of rotatable bonds is 7. The molecule has 1 aromatic carbocycles. The van der Waals surface area contributed by atoms with E-state index in [1.807, 2.05) is 38.1 Å². The van der Waals surface area contributed by atoms with E-state index in [1.165, 1.54) is 0 Å². The van der Waals surface area contributed by atoms with Crippen LogP contribution in [0.15, 0.2) is 42.6 Å². The normalized spacial score (nSPS) is 17.1. The van der Waals surface area contributed by atoms with Crippen molar-refractivity contribution >= 4 is 11.6 Å². The summed E-state index contributed by atoms with van der Waals surface area (Å²) in [5.74, 6) is -0.555. The number of pyridine rings is 1. The van der Waals surface area contributed by atoms with E-state index in [0.29, 0.717) is 18.8 Å². The second-order valence-corrected chi connectivity index (χ2v) is 7.83. The number of amides is 1. The van der Waals surface area contributed by atoms with Crippen molar-refractivity contribution in [2.75, 3.05) is 44.6 Å². The van der Waals surface area contributed by atoms with Crippen LogP contribution in [0.25, 0.3) is 0 Å². The molecule has 158 valence electrons. The minimum atomic E-state index is -0.905. The number of aryl methyl sites for hydroxylation is 2. The quantitative estimate of drug-likeness (QED) is 0.731. The highest BCUT2D eigenvalue weighted by Gasteiger charge is 2.27. The van der Waals surface area contributed by atoms with Gasteiger partial charge in [-0.15, -0.1) is 0 Å². The van der Waals surface area contributed by atoms with Crippen LogP contribution in [0.1, 0.15) is 22.9 Å². The van der Waals surface area contributed by atoms with Crippen molar-refractivity contribution in [3.63, 3.8) is 0 Å². The van der Waals surface area contributed by atoms with Crippen LogP contribution >= 0.6 is 0 Å². The number of anilines is 1. The van der Waals surface area contributed by atoms with Gasteiger partial charge in [-0.25, -0.2) is 0 Å². The molecule has 1 saturated heterocycles. The van der Waals surface area contributed by atoms with Crippen molar-refractivity contribution in [3.8, 4) is 6.07 Å². The van der Waals surface area contributed by atoms with Crippen LogP contribution in [0.2, 0.25) is 0 Å². The molecule has 1 amide bonds. The summed E-state index contributed by atoms with van der Waals surface area (Å²) in [5.41, 5.74) is 3.52. The monoisotopic (exact) mass is 407 g/mol. The van der Waals surface area contributed by atoms with E-state index < -0.39 is 12.0 Å². The van der Waals surface area contributed by atoms with Crippen molar-refractivity contribution in [3.05, 3.63) is 59.4 Å². The number of nitrogens with one attached hydrogen (secondary N) is 1. The summed E-state index contributed by atoms with van der Waals surface area (Å²) in [6, 6.07) is 13.5. The Bertz CT molecular complexity index is 868. The first-order chi connectivity index (χ1) is 14.5. The Morgan fingerprint density at radius 3 is 2.40 bits per heavy atom. The maximum atomic E-state index is 12.5. The number of piperazine rings is 1. The Balaban J connectivity index is 1.47. The Hall–Kier alpha value is -2.79. The van der Waals surface area contributed by atoms with E-state index in [2.05, 4.69) is 26.2 Å². The molecule has 0 bridgehead atoms. The Labute approximate surface area is 177 Å². The summed E-state index contributed by atoms with van der Waals surface area (Å²) in [6.45, 7) is 7.82. The minimum absolute atomic E-state index is 0.0127. The molecule has 1 aromatic heterocycles. The third kappa shape index (κ3) is 5.63. The summed E-state index contributed by atoms with van der Waals surface area (Å²) in [7, 11) is 0. The Morgan fingerprint density at radius 2 is 1.80 bits per heavy atom. The molecule has 0 saturated carbocycles. The minimum Gasteiger partial charge on any atom is -0.385 e. The van der Waals surface area contributed by atoms with E-state index >= 15 is 0 Å². The number of aromatic nitrogens is 1. The molecule has 0 radical (unpaired) electrons. The van der Waals surface area contributed by atoms with Crippen molar-refractivity contribution in [1.29, 1.82) is 5.26 Å². The van der Waals surface area contributed by atoms with Gasteiger partial charge < -0.3 is 10.4 Å². The summed E-state index contributed by atoms with van der Waals surface area (Å²) >= 11 is 0. The second-order valence-electron chi connectivity index (χ2n) is 7.83. The largest absolute Gasteiger partial charge is 0.385 e. The standard InChI is InChI=1S/C23H29N5O2/c1-17-6-5-7-18(2)22(17)26-21(29)16-28-12-10-27(11-13-28)15-19(14-24)23(30)20-8-3-4-9-25-20/h3-9,19,23,30H,10-13,15-16H2,1-2H3,(H,26,29). The molecular formula is C23H29N5O2. The lowest BCUT2D eigenvalue weighted by Gasteiger charge is -2.35. The lowest BCUT2D eigenvalue weighted by molar-refractivity contribution is -0.117. The van der Waals surface area contributed by atoms with E-state index in [-0.39, 0.29) is 5.91 Å². The Kier molecular flexibility index (Phi) is 7.52. The fourth-order valence-electron chi connectivity index (χ4n) is 3.77. The molecular weight excluding hydrogens is 378 g/mol. The van der Waals surface area contributed by atoms with Crippen molar-refractivity contribution in [2.45, 2.75) is 20.0 Å². The molecule has 1 aliphatic heterocycles. The number of aliphatic hydroxyl groups is 1. The van der Waals surface area contributed by atoms with Gasteiger partial charge in [0.1, 0.15) is 6.10 Å². The zero-order chi connectivity index (χ0) is 21.5. The van der Waals surface area contributed by atoms with E-state index in [9.17, 15) is 15.2 Å². The average Bonchev–Trinajstić information content (AvgIpc) is 2.76. The van der Waals surface area contributed by atoms with Crippen LogP contribution in [0.5, 0.6) is 0 Å². The van der Waals surface area contributed by atoms with Crippen LogP contribution in [0, 0.1) is 31.1 Å². The molecule has 2 N–H and O–H groups in total. The molecule has 0 spiro atoms. The average molecular weight is 408 g/mol. The first kappa shape index (κ1) is 21.9. The van der Waals surface area contributed by atoms with Gasteiger partial charge in [0.15, 0.2) is 0 Å². The van der Waals surface area contributed by atoms with Gasteiger partial charge in [0, 0.05) is 44.6 Å². The number of para-hydroxylation sites is 1. The van der Waals surface area contributed by atoms with Gasteiger partial charge in [0.2, 0.25) is 5.91 Å². The lowest BCUT2D eigenvalue weighted by atomic mass is 9.99. The predicted molar refractivity (Wildman–Crippen MR) is 116 cm³/mol. The summed E-state index contributed by atoms with van der Waals surface area (Å²) in [4.78, 5) is 20.9. The van der Waals surface area contributed by atoms with Crippen LogP contribution < -0.4 is 5.32 Å². The molecule has 1 aliphatic rings. The third-order valence-corrected chi connectivity index (χ3v) is 5.57. The molecule has 2 atom stereocenters. The van der Waals surface area contributed by atoms with Gasteiger partial charge in [-0.1, -0.05) is 24.3 Å². The fourth-order valence-corrected chi connectivity index (χ4v) is 3.77. The summed E-state index contributed by atoms with van der Waals surface area (Å²) in [6.07, 6.45) is 0.715. The molecule has 7 heteroatoms. The maximum absolute atomic E-state index is 12.5.